The predicted molar refractivity (Wildman–Crippen MR) is 93.6 cm³/mol. The van der Waals surface area contributed by atoms with Gasteiger partial charge in [-0.15, -0.1) is 0 Å². The number of nitrogens with zero attached hydrogens (tertiary/aromatic N) is 1. The van der Waals surface area contributed by atoms with Crippen molar-refractivity contribution in [1.29, 1.82) is 0 Å². The van der Waals surface area contributed by atoms with Gasteiger partial charge >= 0.3 is 6.18 Å². The summed E-state index contributed by atoms with van der Waals surface area (Å²) in [4.78, 5) is 13.2. The average molecular weight is 398 g/mol. The minimum atomic E-state index is -4.43. The van der Waals surface area contributed by atoms with Crippen molar-refractivity contribution in [2.24, 2.45) is 0 Å². The molecule has 27 heavy (non-hydrogen) atoms. The lowest BCUT2D eigenvalue weighted by atomic mass is 10.1. The molecule has 0 atom stereocenters. The maximum absolute atomic E-state index is 12.6. The molecule has 2 aromatic rings. The SMILES string of the molecule is CC(=O)N1CCc2cc(S(=O)(=O)NCc3ccc(C(F)(F)F)cc3)ccc21. The molecule has 1 heterocycles. The molecule has 1 aliphatic rings. The van der Waals surface area contributed by atoms with E-state index in [-0.39, 0.29) is 17.3 Å². The fourth-order valence-corrected chi connectivity index (χ4v) is 4.01. The zero-order valence-electron chi connectivity index (χ0n) is 14.4. The smallest absolute Gasteiger partial charge is 0.312 e. The van der Waals surface area contributed by atoms with Crippen LogP contribution in [0.25, 0.3) is 0 Å². The second-order valence-electron chi connectivity index (χ2n) is 6.23. The van der Waals surface area contributed by atoms with Gasteiger partial charge in [-0.1, -0.05) is 12.1 Å². The van der Waals surface area contributed by atoms with Crippen LogP contribution in [0.15, 0.2) is 47.4 Å². The fourth-order valence-electron chi connectivity index (χ4n) is 2.95. The summed E-state index contributed by atoms with van der Waals surface area (Å²) in [5.41, 5.74) is 1.09. The van der Waals surface area contributed by atoms with Gasteiger partial charge in [0.1, 0.15) is 0 Å². The van der Waals surface area contributed by atoms with Crippen LogP contribution in [0.4, 0.5) is 18.9 Å². The van der Waals surface area contributed by atoms with Crippen molar-refractivity contribution in [1.82, 2.24) is 4.72 Å². The molecule has 5 nitrogen and oxygen atoms in total. The van der Waals surface area contributed by atoms with Gasteiger partial charge in [0.15, 0.2) is 0 Å². The van der Waals surface area contributed by atoms with Crippen molar-refractivity contribution >= 4 is 21.6 Å². The normalized spacial score (nSPS) is 14.3. The molecular weight excluding hydrogens is 381 g/mol. The number of benzene rings is 2. The average Bonchev–Trinajstić information content (AvgIpc) is 3.03. The number of amides is 1. The van der Waals surface area contributed by atoms with Gasteiger partial charge < -0.3 is 4.90 Å². The van der Waals surface area contributed by atoms with Crippen molar-refractivity contribution < 1.29 is 26.4 Å². The maximum Gasteiger partial charge on any atom is 0.416 e. The van der Waals surface area contributed by atoms with Crippen LogP contribution in [0.1, 0.15) is 23.6 Å². The van der Waals surface area contributed by atoms with Crippen molar-refractivity contribution in [3.8, 4) is 0 Å². The lowest BCUT2D eigenvalue weighted by Gasteiger charge is -2.15. The van der Waals surface area contributed by atoms with E-state index in [4.69, 9.17) is 0 Å². The largest absolute Gasteiger partial charge is 0.416 e. The van der Waals surface area contributed by atoms with Gasteiger partial charge in [-0.3, -0.25) is 4.79 Å². The van der Waals surface area contributed by atoms with Crippen molar-refractivity contribution in [2.45, 2.75) is 31.0 Å². The summed E-state index contributed by atoms with van der Waals surface area (Å²) < 4.78 is 65.0. The molecule has 1 amide bonds. The fraction of sp³-hybridized carbons (Fsp3) is 0.278. The van der Waals surface area contributed by atoms with E-state index >= 15 is 0 Å². The first-order valence-electron chi connectivity index (χ1n) is 8.15. The van der Waals surface area contributed by atoms with Gasteiger partial charge in [-0.25, -0.2) is 13.1 Å². The van der Waals surface area contributed by atoms with E-state index in [1.807, 2.05) is 0 Å². The zero-order chi connectivity index (χ0) is 19.8. The molecule has 9 heteroatoms. The third-order valence-electron chi connectivity index (χ3n) is 4.38. The van der Waals surface area contributed by atoms with E-state index in [0.717, 1.165) is 17.7 Å². The minimum Gasteiger partial charge on any atom is -0.312 e. The third-order valence-corrected chi connectivity index (χ3v) is 5.78. The Labute approximate surface area is 154 Å². The van der Waals surface area contributed by atoms with Crippen LogP contribution in [0.3, 0.4) is 0 Å². The number of hydrogen-bond donors (Lipinski definition) is 1. The number of carbonyl (C=O) groups is 1. The van der Waals surface area contributed by atoms with Crippen LogP contribution in [0.2, 0.25) is 0 Å². The molecule has 1 N–H and O–H groups in total. The number of rotatable bonds is 4. The van der Waals surface area contributed by atoms with Gasteiger partial charge in [-0.05, 0) is 47.9 Å². The molecule has 0 fully saturated rings. The van der Waals surface area contributed by atoms with E-state index in [9.17, 15) is 26.4 Å². The second kappa shape index (κ2) is 6.97. The number of halogens is 3. The summed E-state index contributed by atoms with van der Waals surface area (Å²) >= 11 is 0. The van der Waals surface area contributed by atoms with E-state index in [2.05, 4.69) is 4.72 Å². The van der Waals surface area contributed by atoms with Crippen molar-refractivity contribution in [2.75, 3.05) is 11.4 Å². The van der Waals surface area contributed by atoms with Crippen LogP contribution in [0, 0.1) is 0 Å². The highest BCUT2D eigenvalue weighted by Crippen LogP contribution is 2.31. The Hall–Kier alpha value is -2.39. The summed E-state index contributed by atoms with van der Waals surface area (Å²) in [5, 5.41) is 0. The summed E-state index contributed by atoms with van der Waals surface area (Å²) in [5.74, 6) is -0.107. The Morgan fingerprint density at radius 2 is 1.81 bits per heavy atom. The molecule has 2 aromatic carbocycles. The number of carbonyl (C=O) groups excluding carboxylic acids is 1. The van der Waals surface area contributed by atoms with Crippen LogP contribution in [-0.4, -0.2) is 20.9 Å². The molecule has 0 unspecified atom stereocenters. The summed E-state index contributed by atoms with van der Waals surface area (Å²) in [6.07, 6.45) is -3.87. The molecule has 0 saturated heterocycles. The molecule has 1 aliphatic heterocycles. The van der Waals surface area contributed by atoms with Gasteiger partial charge in [0.05, 0.1) is 10.5 Å². The van der Waals surface area contributed by atoms with E-state index in [1.165, 1.54) is 31.2 Å². The molecular formula is C18H17F3N2O3S. The highest BCUT2D eigenvalue weighted by molar-refractivity contribution is 7.89. The molecule has 0 saturated carbocycles. The lowest BCUT2D eigenvalue weighted by molar-refractivity contribution is -0.137. The molecule has 144 valence electrons. The van der Waals surface area contributed by atoms with Gasteiger partial charge in [-0.2, -0.15) is 13.2 Å². The highest BCUT2D eigenvalue weighted by Gasteiger charge is 2.30. The Balaban J connectivity index is 1.73. The Bertz CT molecular complexity index is 970. The number of hydrogen-bond acceptors (Lipinski definition) is 3. The first kappa shape index (κ1) is 19.4. The number of nitrogens with one attached hydrogen (secondary N) is 1. The van der Waals surface area contributed by atoms with Crippen LogP contribution >= 0.6 is 0 Å². The Kier molecular flexibility index (Phi) is 5.00. The van der Waals surface area contributed by atoms with Crippen LogP contribution in [0.5, 0.6) is 0 Å². The summed E-state index contributed by atoms with van der Waals surface area (Å²) in [6.45, 7) is 1.83. The first-order valence-corrected chi connectivity index (χ1v) is 9.63. The standard InChI is InChI=1S/C18H17F3N2O3S/c1-12(24)23-9-8-14-10-16(6-7-17(14)23)27(25,26)22-11-13-2-4-15(5-3-13)18(19,20)21/h2-7,10,22H,8-9,11H2,1H3. The van der Waals surface area contributed by atoms with Gasteiger partial charge in [0.25, 0.3) is 0 Å². The quantitative estimate of drug-likeness (QED) is 0.861. The molecule has 0 aliphatic carbocycles. The summed E-state index contributed by atoms with van der Waals surface area (Å²) in [6, 6.07) is 8.82. The van der Waals surface area contributed by atoms with Crippen LogP contribution < -0.4 is 9.62 Å². The van der Waals surface area contributed by atoms with Crippen molar-refractivity contribution in [3.05, 3.63) is 59.2 Å². The third kappa shape index (κ3) is 4.14. The monoisotopic (exact) mass is 398 g/mol. The van der Waals surface area contributed by atoms with E-state index in [1.54, 1.807) is 11.0 Å². The van der Waals surface area contributed by atoms with Crippen molar-refractivity contribution in [3.63, 3.8) is 0 Å². The number of anilines is 1. The topological polar surface area (TPSA) is 66.5 Å². The first-order chi connectivity index (χ1) is 12.6. The second-order valence-corrected chi connectivity index (χ2v) is 8.00. The van der Waals surface area contributed by atoms with Gasteiger partial charge in [0, 0.05) is 25.7 Å². The molecule has 0 spiro atoms. The number of alkyl halides is 3. The Morgan fingerprint density at radius 1 is 1.15 bits per heavy atom. The molecule has 3 rings (SSSR count). The highest BCUT2D eigenvalue weighted by atomic mass is 32.2. The maximum atomic E-state index is 12.6. The van der Waals surface area contributed by atoms with Crippen LogP contribution in [-0.2, 0) is 34.0 Å². The van der Waals surface area contributed by atoms with Gasteiger partial charge in [0.2, 0.25) is 15.9 Å². The van der Waals surface area contributed by atoms with E-state index < -0.39 is 21.8 Å². The summed E-state index contributed by atoms with van der Waals surface area (Å²) in [7, 11) is -3.83. The molecule has 0 radical (unpaired) electrons. The molecule has 0 bridgehead atoms. The number of sulfonamides is 1. The Morgan fingerprint density at radius 3 is 2.41 bits per heavy atom. The lowest BCUT2D eigenvalue weighted by Crippen LogP contribution is -2.26. The molecule has 0 aromatic heterocycles. The minimum absolute atomic E-state index is 0.0542. The predicted octanol–water partition coefficient (Wildman–Crippen LogP) is 3.09. The van der Waals surface area contributed by atoms with E-state index in [0.29, 0.717) is 24.2 Å². The number of fused-ring (bicyclic) bond motifs is 1. The zero-order valence-corrected chi connectivity index (χ0v) is 15.2.